The van der Waals surface area contributed by atoms with Crippen LogP contribution in [0, 0.1) is 0 Å². The van der Waals surface area contributed by atoms with Gasteiger partial charge in [-0.25, -0.2) is 0 Å². The zero-order valence-corrected chi connectivity index (χ0v) is 7.24. The van der Waals surface area contributed by atoms with E-state index in [9.17, 15) is 5.11 Å². The monoisotopic (exact) mass is 172 g/mol. The van der Waals surface area contributed by atoms with Gasteiger partial charge in [-0.3, -0.25) is 0 Å². The molecule has 0 spiro atoms. The summed E-state index contributed by atoms with van der Waals surface area (Å²) in [6.07, 6.45) is 2.96. The van der Waals surface area contributed by atoms with Crippen molar-refractivity contribution in [3.63, 3.8) is 0 Å². The van der Waals surface area contributed by atoms with E-state index in [-0.39, 0.29) is 12.2 Å². The van der Waals surface area contributed by atoms with Crippen LogP contribution in [0.3, 0.4) is 0 Å². The third kappa shape index (κ3) is 2.93. The van der Waals surface area contributed by atoms with E-state index in [0.717, 1.165) is 19.4 Å². The standard InChI is InChI=1S/C9H16O3/c1-2-5-11-7-9-8(10)4-3-6-12-9/h2,8-10H,1,3-7H2/t8-,9+/m0/s1. The number of rotatable bonds is 4. The van der Waals surface area contributed by atoms with Crippen molar-refractivity contribution in [2.75, 3.05) is 19.8 Å². The van der Waals surface area contributed by atoms with E-state index in [1.165, 1.54) is 0 Å². The van der Waals surface area contributed by atoms with E-state index in [2.05, 4.69) is 6.58 Å². The van der Waals surface area contributed by atoms with Gasteiger partial charge in [0, 0.05) is 6.61 Å². The zero-order valence-electron chi connectivity index (χ0n) is 7.24. The van der Waals surface area contributed by atoms with Gasteiger partial charge in [-0.05, 0) is 12.8 Å². The van der Waals surface area contributed by atoms with Crippen molar-refractivity contribution in [3.8, 4) is 0 Å². The summed E-state index contributed by atoms with van der Waals surface area (Å²) in [5.74, 6) is 0. The average molecular weight is 172 g/mol. The summed E-state index contributed by atoms with van der Waals surface area (Å²) in [4.78, 5) is 0. The Bertz CT molecular complexity index is 136. The fourth-order valence-electron chi connectivity index (χ4n) is 1.25. The summed E-state index contributed by atoms with van der Waals surface area (Å²) in [6.45, 7) is 5.26. The Balaban J connectivity index is 2.15. The van der Waals surface area contributed by atoms with Crippen LogP contribution in [-0.2, 0) is 9.47 Å². The van der Waals surface area contributed by atoms with Gasteiger partial charge in [0.25, 0.3) is 0 Å². The van der Waals surface area contributed by atoms with E-state index in [4.69, 9.17) is 9.47 Å². The molecular weight excluding hydrogens is 156 g/mol. The molecule has 1 aliphatic rings. The lowest BCUT2D eigenvalue weighted by Gasteiger charge is -2.27. The highest BCUT2D eigenvalue weighted by atomic mass is 16.5. The lowest BCUT2D eigenvalue weighted by Crippen LogP contribution is -2.37. The van der Waals surface area contributed by atoms with E-state index in [1.807, 2.05) is 0 Å². The van der Waals surface area contributed by atoms with E-state index in [0.29, 0.717) is 13.2 Å². The highest BCUT2D eigenvalue weighted by Crippen LogP contribution is 2.13. The highest BCUT2D eigenvalue weighted by molar-refractivity contribution is 4.73. The van der Waals surface area contributed by atoms with Crippen molar-refractivity contribution in [1.29, 1.82) is 0 Å². The van der Waals surface area contributed by atoms with Gasteiger partial charge < -0.3 is 14.6 Å². The summed E-state index contributed by atoms with van der Waals surface area (Å²) >= 11 is 0. The Labute approximate surface area is 73.0 Å². The molecule has 1 heterocycles. The number of aliphatic hydroxyl groups is 1. The fraction of sp³-hybridized carbons (Fsp3) is 0.778. The number of aliphatic hydroxyl groups excluding tert-OH is 1. The molecule has 70 valence electrons. The van der Waals surface area contributed by atoms with Crippen LogP contribution in [0.5, 0.6) is 0 Å². The molecule has 0 radical (unpaired) electrons. The van der Waals surface area contributed by atoms with E-state index in [1.54, 1.807) is 6.08 Å². The molecule has 1 fully saturated rings. The molecule has 0 amide bonds. The SMILES string of the molecule is C=CCOC[C@H]1OCCC[C@@H]1O. The molecule has 1 rings (SSSR count). The van der Waals surface area contributed by atoms with Gasteiger partial charge in [-0.15, -0.1) is 6.58 Å². The van der Waals surface area contributed by atoms with Crippen molar-refractivity contribution >= 4 is 0 Å². The van der Waals surface area contributed by atoms with Crippen LogP contribution in [0.15, 0.2) is 12.7 Å². The minimum Gasteiger partial charge on any atom is -0.390 e. The van der Waals surface area contributed by atoms with Gasteiger partial charge in [-0.1, -0.05) is 6.08 Å². The molecular formula is C9H16O3. The maximum absolute atomic E-state index is 9.44. The van der Waals surface area contributed by atoms with Crippen molar-refractivity contribution in [2.45, 2.75) is 25.0 Å². The Kier molecular flexibility index (Phi) is 4.29. The summed E-state index contributed by atoms with van der Waals surface area (Å²) in [7, 11) is 0. The van der Waals surface area contributed by atoms with Gasteiger partial charge in [0.05, 0.1) is 19.3 Å². The molecule has 0 saturated carbocycles. The minimum atomic E-state index is -0.358. The van der Waals surface area contributed by atoms with Crippen molar-refractivity contribution < 1.29 is 14.6 Å². The number of ether oxygens (including phenoxy) is 2. The van der Waals surface area contributed by atoms with Crippen LogP contribution in [0.2, 0.25) is 0 Å². The molecule has 0 bridgehead atoms. The lowest BCUT2D eigenvalue weighted by atomic mass is 10.1. The summed E-state index contributed by atoms with van der Waals surface area (Å²) in [5.41, 5.74) is 0. The van der Waals surface area contributed by atoms with Crippen LogP contribution < -0.4 is 0 Å². The van der Waals surface area contributed by atoms with Crippen molar-refractivity contribution in [1.82, 2.24) is 0 Å². The first-order valence-electron chi connectivity index (χ1n) is 4.33. The molecule has 3 nitrogen and oxygen atoms in total. The Morgan fingerprint density at radius 3 is 3.17 bits per heavy atom. The Hall–Kier alpha value is -0.380. The topological polar surface area (TPSA) is 38.7 Å². The molecule has 12 heavy (non-hydrogen) atoms. The van der Waals surface area contributed by atoms with Gasteiger partial charge in [0.1, 0.15) is 6.10 Å². The summed E-state index contributed by atoms with van der Waals surface area (Å²) in [6, 6.07) is 0. The number of hydrogen-bond donors (Lipinski definition) is 1. The highest BCUT2D eigenvalue weighted by Gasteiger charge is 2.23. The smallest absolute Gasteiger partial charge is 0.107 e. The van der Waals surface area contributed by atoms with Crippen molar-refractivity contribution in [2.24, 2.45) is 0 Å². The predicted molar refractivity (Wildman–Crippen MR) is 46.0 cm³/mol. The fourth-order valence-corrected chi connectivity index (χ4v) is 1.25. The quantitative estimate of drug-likeness (QED) is 0.502. The van der Waals surface area contributed by atoms with E-state index < -0.39 is 0 Å². The Morgan fingerprint density at radius 2 is 2.50 bits per heavy atom. The minimum absolute atomic E-state index is 0.140. The molecule has 0 aromatic rings. The van der Waals surface area contributed by atoms with Crippen LogP contribution in [-0.4, -0.2) is 37.1 Å². The number of hydrogen-bond acceptors (Lipinski definition) is 3. The Morgan fingerprint density at radius 1 is 1.67 bits per heavy atom. The molecule has 0 aliphatic carbocycles. The molecule has 1 saturated heterocycles. The molecule has 2 atom stereocenters. The third-order valence-electron chi connectivity index (χ3n) is 1.92. The predicted octanol–water partition coefficient (Wildman–Crippen LogP) is 0.729. The average Bonchev–Trinajstić information content (AvgIpc) is 2.09. The molecule has 0 aromatic heterocycles. The molecule has 3 heteroatoms. The van der Waals surface area contributed by atoms with Crippen LogP contribution in [0.25, 0.3) is 0 Å². The zero-order chi connectivity index (χ0) is 8.81. The molecule has 0 unspecified atom stereocenters. The second-order valence-corrected chi connectivity index (χ2v) is 2.94. The second-order valence-electron chi connectivity index (χ2n) is 2.94. The first-order chi connectivity index (χ1) is 5.84. The summed E-state index contributed by atoms with van der Waals surface area (Å²) < 4.78 is 10.5. The van der Waals surface area contributed by atoms with Crippen LogP contribution in [0.4, 0.5) is 0 Å². The first kappa shape index (κ1) is 9.71. The maximum Gasteiger partial charge on any atom is 0.107 e. The normalized spacial score (nSPS) is 30.1. The largest absolute Gasteiger partial charge is 0.390 e. The maximum atomic E-state index is 9.44. The van der Waals surface area contributed by atoms with Gasteiger partial charge >= 0.3 is 0 Å². The molecule has 1 aliphatic heterocycles. The van der Waals surface area contributed by atoms with E-state index >= 15 is 0 Å². The third-order valence-corrected chi connectivity index (χ3v) is 1.92. The molecule has 1 N–H and O–H groups in total. The van der Waals surface area contributed by atoms with Crippen LogP contribution in [0.1, 0.15) is 12.8 Å². The van der Waals surface area contributed by atoms with Gasteiger partial charge in [0.15, 0.2) is 0 Å². The van der Waals surface area contributed by atoms with Crippen LogP contribution >= 0.6 is 0 Å². The van der Waals surface area contributed by atoms with Crippen molar-refractivity contribution in [3.05, 3.63) is 12.7 Å². The molecule has 0 aromatic carbocycles. The van der Waals surface area contributed by atoms with Gasteiger partial charge in [-0.2, -0.15) is 0 Å². The van der Waals surface area contributed by atoms with Gasteiger partial charge in [0.2, 0.25) is 0 Å². The second kappa shape index (κ2) is 5.30. The first-order valence-corrected chi connectivity index (χ1v) is 4.33. The summed E-state index contributed by atoms with van der Waals surface area (Å²) in [5, 5.41) is 9.44. The lowest BCUT2D eigenvalue weighted by molar-refractivity contribution is -0.104.